The third kappa shape index (κ3) is 1.34. The lowest BCUT2D eigenvalue weighted by Gasteiger charge is -1.97. The molecule has 0 radical (unpaired) electrons. The molecular weight excluding hydrogens is 195 g/mol. The molecule has 2 rings (SSSR count). The van der Waals surface area contributed by atoms with E-state index in [2.05, 4.69) is 9.40 Å². The second-order valence-electron chi connectivity index (χ2n) is 2.94. The molecule has 1 heterocycles. The average Bonchev–Trinajstić information content (AvgIpc) is 2.48. The van der Waals surface area contributed by atoms with E-state index in [-0.39, 0.29) is 11.1 Å². The molecule has 0 amide bonds. The van der Waals surface area contributed by atoms with Gasteiger partial charge in [0, 0.05) is 0 Å². The standard InChI is InChI=1S/C9H6F3NO/c1-5-3-2-4-6-7(5)14-8(13-6)9(10,11)12/h2-4H,1H3. The third-order valence-corrected chi connectivity index (χ3v) is 1.85. The molecule has 0 aliphatic rings. The number of benzene rings is 1. The summed E-state index contributed by atoms with van der Waals surface area (Å²) in [5.41, 5.74) is 1.07. The highest BCUT2D eigenvalue weighted by Crippen LogP contribution is 2.31. The first kappa shape index (κ1) is 9.05. The van der Waals surface area contributed by atoms with Gasteiger partial charge in [-0.25, -0.2) is 4.98 Å². The van der Waals surface area contributed by atoms with Crippen molar-refractivity contribution in [3.05, 3.63) is 29.7 Å². The van der Waals surface area contributed by atoms with E-state index in [0.29, 0.717) is 5.56 Å². The summed E-state index contributed by atoms with van der Waals surface area (Å²) >= 11 is 0. The lowest BCUT2D eigenvalue weighted by Crippen LogP contribution is -2.04. The molecule has 0 bridgehead atoms. The molecule has 0 saturated carbocycles. The molecule has 0 aliphatic heterocycles. The van der Waals surface area contributed by atoms with Gasteiger partial charge < -0.3 is 4.42 Å². The fourth-order valence-corrected chi connectivity index (χ4v) is 1.21. The minimum Gasteiger partial charge on any atom is -0.433 e. The van der Waals surface area contributed by atoms with E-state index in [1.54, 1.807) is 19.1 Å². The van der Waals surface area contributed by atoms with E-state index in [4.69, 9.17) is 0 Å². The maximum absolute atomic E-state index is 12.2. The van der Waals surface area contributed by atoms with Crippen molar-refractivity contribution < 1.29 is 17.6 Å². The number of fused-ring (bicyclic) bond motifs is 1. The molecule has 0 fully saturated rings. The first-order chi connectivity index (χ1) is 6.48. The summed E-state index contributed by atoms with van der Waals surface area (Å²) in [4.78, 5) is 3.35. The van der Waals surface area contributed by atoms with Gasteiger partial charge in [-0.05, 0) is 18.6 Å². The second-order valence-corrected chi connectivity index (χ2v) is 2.94. The van der Waals surface area contributed by atoms with E-state index in [0.717, 1.165) is 0 Å². The van der Waals surface area contributed by atoms with Gasteiger partial charge in [-0.15, -0.1) is 0 Å². The number of alkyl halides is 3. The van der Waals surface area contributed by atoms with Crippen LogP contribution in [-0.4, -0.2) is 4.98 Å². The number of oxazole rings is 1. The molecule has 2 aromatic rings. The van der Waals surface area contributed by atoms with E-state index < -0.39 is 12.1 Å². The van der Waals surface area contributed by atoms with Crippen LogP contribution >= 0.6 is 0 Å². The van der Waals surface area contributed by atoms with E-state index in [9.17, 15) is 13.2 Å². The maximum Gasteiger partial charge on any atom is 0.468 e. The van der Waals surface area contributed by atoms with Gasteiger partial charge in [0.05, 0.1) is 0 Å². The van der Waals surface area contributed by atoms with Crippen LogP contribution in [0, 0.1) is 6.92 Å². The van der Waals surface area contributed by atoms with Crippen LogP contribution in [0.15, 0.2) is 22.6 Å². The van der Waals surface area contributed by atoms with Gasteiger partial charge in [-0.1, -0.05) is 12.1 Å². The first-order valence-electron chi connectivity index (χ1n) is 3.92. The largest absolute Gasteiger partial charge is 0.468 e. The Morgan fingerprint density at radius 3 is 2.57 bits per heavy atom. The van der Waals surface area contributed by atoms with E-state index in [1.165, 1.54) is 6.07 Å². The zero-order valence-electron chi connectivity index (χ0n) is 7.22. The van der Waals surface area contributed by atoms with Gasteiger partial charge in [0.1, 0.15) is 5.52 Å². The molecule has 1 aromatic carbocycles. The lowest BCUT2D eigenvalue weighted by atomic mass is 10.2. The molecule has 0 saturated heterocycles. The van der Waals surface area contributed by atoms with E-state index >= 15 is 0 Å². The molecule has 0 spiro atoms. The smallest absolute Gasteiger partial charge is 0.433 e. The van der Waals surface area contributed by atoms with Crippen molar-refractivity contribution in [3.63, 3.8) is 0 Å². The molecule has 0 unspecified atom stereocenters. The molecule has 0 aliphatic carbocycles. The average molecular weight is 201 g/mol. The molecule has 5 heteroatoms. The SMILES string of the molecule is Cc1cccc2nc(C(F)(F)F)oc12. The minimum absolute atomic E-state index is 0.194. The highest BCUT2D eigenvalue weighted by Gasteiger charge is 2.37. The van der Waals surface area contributed by atoms with Gasteiger partial charge in [0.2, 0.25) is 0 Å². The zero-order chi connectivity index (χ0) is 10.3. The molecule has 0 atom stereocenters. The number of rotatable bonds is 0. The summed E-state index contributed by atoms with van der Waals surface area (Å²) < 4.78 is 41.2. The summed E-state index contributed by atoms with van der Waals surface area (Å²) in [6, 6.07) is 4.80. The predicted molar refractivity (Wildman–Crippen MR) is 43.7 cm³/mol. The Morgan fingerprint density at radius 2 is 2.00 bits per heavy atom. The molecule has 14 heavy (non-hydrogen) atoms. The summed E-state index contributed by atoms with van der Waals surface area (Å²) in [5.74, 6) is -1.19. The number of aryl methyl sites for hydroxylation is 1. The number of para-hydroxylation sites is 1. The predicted octanol–water partition coefficient (Wildman–Crippen LogP) is 3.16. The quantitative estimate of drug-likeness (QED) is 0.654. The fourth-order valence-electron chi connectivity index (χ4n) is 1.21. The molecule has 74 valence electrons. The Hall–Kier alpha value is -1.52. The van der Waals surface area contributed by atoms with E-state index in [1.807, 2.05) is 0 Å². The van der Waals surface area contributed by atoms with Crippen LogP contribution in [0.25, 0.3) is 11.1 Å². The Bertz CT molecular complexity index is 472. The lowest BCUT2D eigenvalue weighted by molar-refractivity contribution is -0.156. The van der Waals surface area contributed by atoms with Crippen molar-refractivity contribution in [2.45, 2.75) is 13.1 Å². The highest BCUT2D eigenvalue weighted by atomic mass is 19.4. The summed E-state index contributed by atoms with van der Waals surface area (Å²) in [6.45, 7) is 1.67. The molecule has 2 nitrogen and oxygen atoms in total. The molecular formula is C9H6F3NO. The highest BCUT2D eigenvalue weighted by molar-refractivity contribution is 5.76. The van der Waals surface area contributed by atoms with Gasteiger partial charge in [0.15, 0.2) is 5.58 Å². The summed E-state index contributed by atoms with van der Waals surface area (Å²) in [5, 5.41) is 0. The maximum atomic E-state index is 12.2. The Kier molecular flexibility index (Phi) is 1.77. The van der Waals surface area contributed by atoms with Crippen molar-refractivity contribution in [2.75, 3.05) is 0 Å². The minimum atomic E-state index is -4.52. The Balaban J connectivity index is 2.69. The van der Waals surface area contributed by atoms with Gasteiger partial charge in [-0.3, -0.25) is 0 Å². The zero-order valence-corrected chi connectivity index (χ0v) is 7.22. The molecule has 0 N–H and O–H groups in total. The Labute approximate surface area is 77.4 Å². The number of nitrogens with zero attached hydrogens (tertiary/aromatic N) is 1. The monoisotopic (exact) mass is 201 g/mol. The van der Waals surface area contributed by atoms with Crippen molar-refractivity contribution >= 4 is 11.1 Å². The number of aromatic nitrogens is 1. The number of hydrogen-bond donors (Lipinski definition) is 0. The number of hydrogen-bond acceptors (Lipinski definition) is 2. The normalized spacial score (nSPS) is 12.3. The van der Waals surface area contributed by atoms with Crippen molar-refractivity contribution in [1.82, 2.24) is 4.98 Å². The van der Waals surface area contributed by atoms with Gasteiger partial charge >= 0.3 is 12.1 Å². The summed E-state index contributed by atoms with van der Waals surface area (Å²) in [7, 11) is 0. The van der Waals surface area contributed by atoms with Crippen molar-refractivity contribution in [3.8, 4) is 0 Å². The topological polar surface area (TPSA) is 26.0 Å². The van der Waals surface area contributed by atoms with Crippen LogP contribution in [0.2, 0.25) is 0 Å². The summed E-state index contributed by atoms with van der Waals surface area (Å²) in [6.07, 6.45) is -4.52. The number of halogens is 3. The van der Waals surface area contributed by atoms with Crippen LogP contribution in [0.1, 0.15) is 11.5 Å². The first-order valence-corrected chi connectivity index (χ1v) is 3.92. The molecule has 1 aromatic heterocycles. The van der Waals surface area contributed by atoms with Crippen LogP contribution in [0.5, 0.6) is 0 Å². The van der Waals surface area contributed by atoms with Crippen molar-refractivity contribution in [1.29, 1.82) is 0 Å². The van der Waals surface area contributed by atoms with Gasteiger partial charge in [-0.2, -0.15) is 13.2 Å². The van der Waals surface area contributed by atoms with Crippen molar-refractivity contribution in [2.24, 2.45) is 0 Å². The van der Waals surface area contributed by atoms with Gasteiger partial charge in [0.25, 0.3) is 0 Å². The third-order valence-electron chi connectivity index (χ3n) is 1.85. The van der Waals surface area contributed by atoms with Crippen LogP contribution in [0.3, 0.4) is 0 Å². The van der Waals surface area contributed by atoms with Crippen LogP contribution < -0.4 is 0 Å². The fraction of sp³-hybridized carbons (Fsp3) is 0.222. The Morgan fingerprint density at radius 1 is 1.29 bits per heavy atom. The van der Waals surface area contributed by atoms with Crippen LogP contribution in [-0.2, 0) is 6.18 Å². The van der Waals surface area contributed by atoms with Crippen LogP contribution in [0.4, 0.5) is 13.2 Å². The second kappa shape index (κ2) is 2.73.